The molecule has 0 saturated heterocycles. The van der Waals surface area contributed by atoms with E-state index < -0.39 is 0 Å². The maximum absolute atomic E-state index is 6.17. The molecular formula is C14H10ClN3. The summed E-state index contributed by atoms with van der Waals surface area (Å²) in [6.07, 6.45) is 6.91. The van der Waals surface area contributed by atoms with Crippen LogP contribution in [0.5, 0.6) is 0 Å². The molecule has 2 heterocycles. The second-order valence-electron chi connectivity index (χ2n) is 3.98. The van der Waals surface area contributed by atoms with Gasteiger partial charge in [-0.1, -0.05) is 23.7 Å². The summed E-state index contributed by atoms with van der Waals surface area (Å²) in [5, 5.41) is 2.65. The van der Waals surface area contributed by atoms with Crippen LogP contribution in [0.1, 0.15) is 0 Å². The van der Waals surface area contributed by atoms with Crippen molar-refractivity contribution in [2.24, 2.45) is 0 Å². The monoisotopic (exact) mass is 255 g/mol. The highest BCUT2D eigenvalue weighted by Crippen LogP contribution is 2.33. The van der Waals surface area contributed by atoms with E-state index >= 15 is 0 Å². The molecule has 88 valence electrons. The SMILES string of the molecule is Nc1cnccc1-c1cncc2c(Cl)cccc12. The van der Waals surface area contributed by atoms with E-state index in [1.807, 2.05) is 24.3 Å². The van der Waals surface area contributed by atoms with E-state index in [0.717, 1.165) is 21.9 Å². The fourth-order valence-corrected chi connectivity index (χ4v) is 2.25. The first-order valence-corrected chi connectivity index (χ1v) is 5.87. The second-order valence-corrected chi connectivity index (χ2v) is 4.39. The molecule has 18 heavy (non-hydrogen) atoms. The summed E-state index contributed by atoms with van der Waals surface area (Å²) in [4.78, 5) is 8.23. The van der Waals surface area contributed by atoms with E-state index in [1.165, 1.54) is 0 Å². The number of rotatable bonds is 1. The molecule has 0 atom stereocenters. The molecule has 0 aliphatic carbocycles. The first-order chi connectivity index (χ1) is 8.77. The summed E-state index contributed by atoms with van der Waals surface area (Å²) in [6, 6.07) is 7.67. The number of nitrogen functional groups attached to an aromatic ring is 1. The third-order valence-electron chi connectivity index (χ3n) is 2.89. The van der Waals surface area contributed by atoms with Crippen LogP contribution in [0.15, 0.2) is 49.1 Å². The molecule has 0 aliphatic heterocycles. The lowest BCUT2D eigenvalue weighted by Crippen LogP contribution is -1.92. The van der Waals surface area contributed by atoms with Crippen molar-refractivity contribution in [3.05, 3.63) is 54.1 Å². The Bertz CT molecular complexity index is 725. The van der Waals surface area contributed by atoms with Gasteiger partial charge in [0.05, 0.1) is 11.9 Å². The van der Waals surface area contributed by atoms with Crippen molar-refractivity contribution >= 4 is 28.1 Å². The van der Waals surface area contributed by atoms with Crippen LogP contribution in [0.3, 0.4) is 0 Å². The minimum Gasteiger partial charge on any atom is -0.397 e. The van der Waals surface area contributed by atoms with Gasteiger partial charge in [0.1, 0.15) is 0 Å². The molecule has 3 nitrogen and oxygen atoms in total. The predicted octanol–water partition coefficient (Wildman–Crippen LogP) is 3.53. The van der Waals surface area contributed by atoms with Crippen molar-refractivity contribution in [1.29, 1.82) is 0 Å². The minimum absolute atomic E-state index is 0.631. The Morgan fingerprint density at radius 2 is 1.78 bits per heavy atom. The Kier molecular flexibility index (Phi) is 2.61. The van der Waals surface area contributed by atoms with Gasteiger partial charge in [-0.05, 0) is 17.5 Å². The average molecular weight is 256 g/mol. The van der Waals surface area contributed by atoms with Crippen molar-refractivity contribution in [1.82, 2.24) is 9.97 Å². The molecule has 0 spiro atoms. The van der Waals surface area contributed by atoms with Crippen LogP contribution in [0, 0.1) is 0 Å². The van der Waals surface area contributed by atoms with Crippen LogP contribution >= 0.6 is 11.6 Å². The second kappa shape index (κ2) is 4.27. The number of fused-ring (bicyclic) bond motifs is 1. The first-order valence-electron chi connectivity index (χ1n) is 5.49. The Morgan fingerprint density at radius 3 is 2.61 bits per heavy atom. The van der Waals surface area contributed by atoms with E-state index in [0.29, 0.717) is 10.7 Å². The smallest absolute Gasteiger partial charge is 0.0581 e. The topological polar surface area (TPSA) is 51.8 Å². The van der Waals surface area contributed by atoms with E-state index in [-0.39, 0.29) is 0 Å². The number of hydrogen-bond acceptors (Lipinski definition) is 3. The number of nitrogens with zero attached hydrogens (tertiary/aromatic N) is 2. The normalized spacial score (nSPS) is 10.7. The molecule has 0 saturated carbocycles. The summed E-state index contributed by atoms with van der Waals surface area (Å²) in [7, 11) is 0. The minimum atomic E-state index is 0.631. The molecule has 0 bridgehead atoms. The number of halogens is 1. The molecule has 2 N–H and O–H groups in total. The Labute approximate surface area is 109 Å². The van der Waals surface area contributed by atoms with Gasteiger partial charge in [-0.15, -0.1) is 0 Å². The van der Waals surface area contributed by atoms with Gasteiger partial charge in [-0.2, -0.15) is 0 Å². The number of benzene rings is 1. The molecule has 0 unspecified atom stereocenters. The number of hydrogen-bond donors (Lipinski definition) is 1. The van der Waals surface area contributed by atoms with Crippen LogP contribution in [0.4, 0.5) is 5.69 Å². The molecule has 4 heteroatoms. The zero-order chi connectivity index (χ0) is 12.5. The molecule has 3 rings (SSSR count). The van der Waals surface area contributed by atoms with E-state index in [1.54, 1.807) is 24.8 Å². The van der Waals surface area contributed by atoms with Crippen molar-refractivity contribution in [3.8, 4) is 11.1 Å². The van der Waals surface area contributed by atoms with Gasteiger partial charge in [0.25, 0.3) is 0 Å². The zero-order valence-electron chi connectivity index (χ0n) is 9.47. The number of pyridine rings is 2. The average Bonchev–Trinajstić information content (AvgIpc) is 2.40. The molecular weight excluding hydrogens is 246 g/mol. The van der Waals surface area contributed by atoms with Gasteiger partial charge in [0.15, 0.2) is 0 Å². The standard InChI is InChI=1S/C14H10ClN3/c15-13-3-1-2-9-11(6-18-7-12(9)13)10-4-5-17-8-14(10)16/h1-8H,16H2. The Balaban J connectivity index is 2.37. The van der Waals surface area contributed by atoms with E-state index in [2.05, 4.69) is 9.97 Å². The lowest BCUT2D eigenvalue weighted by atomic mass is 10.0. The highest BCUT2D eigenvalue weighted by Gasteiger charge is 2.08. The Hall–Kier alpha value is -2.13. The molecule has 2 aromatic heterocycles. The van der Waals surface area contributed by atoms with Gasteiger partial charge in [0, 0.05) is 40.1 Å². The van der Waals surface area contributed by atoms with Crippen LogP contribution in [0.2, 0.25) is 5.02 Å². The van der Waals surface area contributed by atoms with Crippen molar-refractivity contribution in [3.63, 3.8) is 0 Å². The van der Waals surface area contributed by atoms with Crippen LogP contribution in [0.25, 0.3) is 21.9 Å². The summed E-state index contributed by atoms with van der Waals surface area (Å²) in [6.45, 7) is 0. The Morgan fingerprint density at radius 1 is 0.889 bits per heavy atom. The van der Waals surface area contributed by atoms with Crippen molar-refractivity contribution in [2.45, 2.75) is 0 Å². The van der Waals surface area contributed by atoms with Crippen molar-refractivity contribution in [2.75, 3.05) is 5.73 Å². The molecule has 0 amide bonds. The maximum Gasteiger partial charge on any atom is 0.0581 e. The van der Waals surface area contributed by atoms with Gasteiger partial charge in [-0.25, -0.2) is 0 Å². The molecule has 1 aromatic carbocycles. The summed E-state index contributed by atoms with van der Waals surface area (Å²) in [5.74, 6) is 0. The highest BCUT2D eigenvalue weighted by molar-refractivity contribution is 6.35. The van der Waals surface area contributed by atoms with Gasteiger partial charge < -0.3 is 5.73 Å². The van der Waals surface area contributed by atoms with Crippen molar-refractivity contribution < 1.29 is 0 Å². The zero-order valence-corrected chi connectivity index (χ0v) is 10.2. The molecule has 3 aromatic rings. The van der Waals surface area contributed by atoms with E-state index in [9.17, 15) is 0 Å². The summed E-state index contributed by atoms with van der Waals surface area (Å²) < 4.78 is 0. The number of aromatic nitrogens is 2. The quantitative estimate of drug-likeness (QED) is 0.724. The van der Waals surface area contributed by atoms with Gasteiger partial charge in [0.2, 0.25) is 0 Å². The van der Waals surface area contributed by atoms with Gasteiger partial charge >= 0.3 is 0 Å². The van der Waals surface area contributed by atoms with E-state index in [4.69, 9.17) is 17.3 Å². The largest absolute Gasteiger partial charge is 0.397 e. The number of anilines is 1. The third-order valence-corrected chi connectivity index (χ3v) is 3.22. The maximum atomic E-state index is 6.17. The molecule has 0 fully saturated rings. The van der Waals surface area contributed by atoms with Crippen LogP contribution in [-0.4, -0.2) is 9.97 Å². The molecule has 0 aliphatic rings. The summed E-state index contributed by atoms with van der Waals surface area (Å²) >= 11 is 6.17. The van der Waals surface area contributed by atoms with Gasteiger partial charge in [-0.3, -0.25) is 9.97 Å². The summed E-state index contributed by atoms with van der Waals surface area (Å²) in [5.41, 5.74) is 8.48. The lowest BCUT2D eigenvalue weighted by Gasteiger charge is -2.09. The first kappa shape index (κ1) is 11.0. The third kappa shape index (κ3) is 1.69. The molecule has 0 radical (unpaired) electrons. The lowest BCUT2D eigenvalue weighted by molar-refractivity contribution is 1.32. The predicted molar refractivity (Wildman–Crippen MR) is 74.4 cm³/mol. The van der Waals surface area contributed by atoms with Crippen LogP contribution < -0.4 is 5.73 Å². The fraction of sp³-hybridized carbons (Fsp3) is 0. The fourth-order valence-electron chi connectivity index (χ4n) is 2.03. The van der Waals surface area contributed by atoms with Crippen LogP contribution in [-0.2, 0) is 0 Å². The number of nitrogens with two attached hydrogens (primary N) is 1. The highest BCUT2D eigenvalue weighted by atomic mass is 35.5.